The maximum absolute atomic E-state index is 12.6. The quantitative estimate of drug-likeness (QED) is 0.751. The Morgan fingerprint density at radius 1 is 1.31 bits per heavy atom. The molecule has 2 aromatic rings. The number of hydrogen-bond acceptors (Lipinski definition) is 3. The van der Waals surface area contributed by atoms with E-state index in [1.54, 1.807) is 18.2 Å². The van der Waals surface area contributed by atoms with E-state index in [1.807, 2.05) is 4.90 Å². The van der Waals surface area contributed by atoms with Crippen molar-refractivity contribution in [2.45, 2.75) is 18.6 Å². The Kier molecular flexibility index (Phi) is 5.43. The van der Waals surface area contributed by atoms with Crippen LogP contribution in [0.15, 0.2) is 41.0 Å². The molecule has 1 saturated heterocycles. The van der Waals surface area contributed by atoms with Crippen LogP contribution in [0.5, 0.6) is 0 Å². The Bertz CT molecular complexity index is 814. The summed E-state index contributed by atoms with van der Waals surface area (Å²) in [4.78, 5) is 18.1. The lowest BCUT2D eigenvalue weighted by Gasteiger charge is -2.18. The zero-order valence-corrected chi connectivity index (χ0v) is 15.7. The number of nitrogens with one attached hydrogen (secondary N) is 1. The number of rotatable bonds is 3. The molecule has 9 heteroatoms. The summed E-state index contributed by atoms with van der Waals surface area (Å²) < 4.78 is 38.6. The fraction of sp³-hybridized carbons (Fsp3) is 0.294. The summed E-state index contributed by atoms with van der Waals surface area (Å²) in [5, 5.41) is 3.26. The van der Waals surface area contributed by atoms with Crippen molar-refractivity contribution in [2.75, 3.05) is 18.0 Å². The lowest BCUT2D eigenvalue weighted by atomic mass is 10.2. The summed E-state index contributed by atoms with van der Waals surface area (Å²) in [5.74, 6) is 0.166. The van der Waals surface area contributed by atoms with Crippen LogP contribution in [-0.4, -0.2) is 30.0 Å². The molecule has 138 valence electrons. The first-order valence-electron chi connectivity index (χ1n) is 7.78. The second-order valence-corrected chi connectivity index (χ2v) is 7.25. The van der Waals surface area contributed by atoms with E-state index < -0.39 is 11.7 Å². The molecule has 0 aliphatic carbocycles. The first kappa shape index (κ1) is 19.0. The molecule has 1 atom stereocenters. The van der Waals surface area contributed by atoms with E-state index in [0.29, 0.717) is 35.9 Å². The number of nitrogens with zero attached hydrogens (tertiary/aromatic N) is 2. The normalized spacial score (nSPS) is 17.4. The van der Waals surface area contributed by atoms with Gasteiger partial charge < -0.3 is 10.2 Å². The minimum atomic E-state index is -4.41. The van der Waals surface area contributed by atoms with Gasteiger partial charge in [0.15, 0.2) is 0 Å². The van der Waals surface area contributed by atoms with Crippen molar-refractivity contribution in [3.05, 3.63) is 57.2 Å². The lowest BCUT2D eigenvalue weighted by Crippen LogP contribution is -2.37. The van der Waals surface area contributed by atoms with Crippen LogP contribution in [0.25, 0.3) is 0 Å². The highest BCUT2D eigenvalue weighted by atomic mass is 79.9. The maximum Gasteiger partial charge on any atom is 0.417 e. The summed E-state index contributed by atoms with van der Waals surface area (Å²) >= 11 is 9.36. The van der Waals surface area contributed by atoms with Gasteiger partial charge in [-0.25, -0.2) is 4.98 Å². The molecule has 1 aliphatic rings. The van der Waals surface area contributed by atoms with E-state index >= 15 is 0 Å². The monoisotopic (exact) mass is 447 g/mol. The number of hydrogen-bond donors (Lipinski definition) is 1. The maximum atomic E-state index is 12.6. The Morgan fingerprint density at radius 3 is 2.73 bits per heavy atom. The molecular weight excluding hydrogens is 435 g/mol. The summed E-state index contributed by atoms with van der Waals surface area (Å²) in [5.41, 5.74) is -0.415. The molecule has 3 rings (SSSR count). The first-order valence-corrected chi connectivity index (χ1v) is 8.95. The Morgan fingerprint density at radius 2 is 2.08 bits per heavy atom. The molecule has 26 heavy (non-hydrogen) atoms. The van der Waals surface area contributed by atoms with E-state index in [0.717, 1.165) is 16.7 Å². The highest BCUT2D eigenvalue weighted by Crippen LogP contribution is 2.30. The minimum Gasteiger partial charge on any atom is -0.354 e. The van der Waals surface area contributed by atoms with Gasteiger partial charge in [-0.1, -0.05) is 27.5 Å². The number of amides is 1. The van der Waals surface area contributed by atoms with Gasteiger partial charge in [-0.2, -0.15) is 13.2 Å². The molecule has 0 bridgehead atoms. The third kappa shape index (κ3) is 4.29. The third-order valence-electron chi connectivity index (χ3n) is 4.10. The largest absolute Gasteiger partial charge is 0.417 e. The summed E-state index contributed by atoms with van der Waals surface area (Å²) in [6.07, 6.45) is -2.92. The molecule has 4 nitrogen and oxygen atoms in total. The third-order valence-corrected chi connectivity index (χ3v) is 4.92. The topological polar surface area (TPSA) is 45.2 Å². The minimum absolute atomic E-state index is 0.137. The van der Waals surface area contributed by atoms with Crippen molar-refractivity contribution in [3.63, 3.8) is 0 Å². The SMILES string of the molecule is O=C(NC1CCN(c2ccc(C(F)(F)F)cn2)C1)c1cc(Br)ccc1Cl. The molecule has 0 radical (unpaired) electrons. The zero-order chi connectivity index (χ0) is 18.9. The van der Waals surface area contributed by atoms with Crippen molar-refractivity contribution >= 4 is 39.3 Å². The van der Waals surface area contributed by atoms with Gasteiger partial charge in [-0.15, -0.1) is 0 Å². The number of anilines is 1. The molecule has 1 unspecified atom stereocenters. The van der Waals surface area contributed by atoms with Crippen LogP contribution in [0.3, 0.4) is 0 Å². The Labute approximate surface area is 161 Å². The van der Waals surface area contributed by atoms with Gasteiger partial charge in [-0.3, -0.25) is 4.79 Å². The van der Waals surface area contributed by atoms with Gasteiger partial charge in [-0.05, 0) is 36.8 Å². The smallest absolute Gasteiger partial charge is 0.354 e. The fourth-order valence-electron chi connectivity index (χ4n) is 2.76. The van der Waals surface area contributed by atoms with Gasteiger partial charge in [0.25, 0.3) is 5.91 Å². The predicted molar refractivity (Wildman–Crippen MR) is 96.5 cm³/mol. The van der Waals surface area contributed by atoms with Crippen molar-refractivity contribution < 1.29 is 18.0 Å². The standard InChI is InChI=1S/C17H14BrClF3N3O/c18-11-2-3-14(19)13(7-11)16(26)24-12-5-6-25(9-12)15-4-1-10(8-23-15)17(20,21)22/h1-4,7-8,12H,5-6,9H2,(H,24,26). The van der Waals surface area contributed by atoms with Gasteiger partial charge in [0.05, 0.1) is 16.1 Å². The molecule has 1 aliphatic heterocycles. The number of carbonyl (C=O) groups excluding carboxylic acids is 1. The molecule has 1 amide bonds. The number of benzene rings is 1. The number of pyridine rings is 1. The second-order valence-electron chi connectivity index (χ2n) is 5.93. The average molecular weight is 449 g/mol. The van der Waals surface area contributed by atoms with E-state index in [1.165, 1.54) is 6.07 Å². The second kappa shape index (κ2) is 7.44. The van der Waals surface area contributed by atoms with Gasteiger partial charge in [0.1, 0.15) is 5.82 Å². The van der Waals surface area contributed by atoms with Crippen LogP contribution >= 0.6 is 27.5 Å². The zero-order valence-electron chi connectivity index (χ0n) is 13.4. The average Bonchev–Trinajstić information content (AvgIpc) is 3.05. The van der Waals surface area contributed by atoms with Gasteiger partial charge >= 0.3 is 6.18 Å². The summed E-state index contributed by atoms with van der Waals surface area (Å²) in [6.45, 7) is 1.06. The highest BCUT2D eigenvalue weighted by Gasteiger charge is 2.31. The lowest BCUT2D eigenvalue weighted by molar-refractivity contribution is -0.137. The van der Waals surface area contributed by atoms with E-state index in [4.69, 9.17) is 11.6 Å². The van der Waals surface area contributed by atoms with E-state index in [9.17, 15) is 18.0 Å². The molecule has 0 saturated carbocycles. The van der Waals surface area contributed by atoms with Crippen LogP contribution in [0, 0.1) is 0 Å². The van der Waals surface area contributed by atoms with Crippen molar-refractivity contribution in [3.8, 4) is 0 Å². The summed E-state index contributed by atoms with van der Waals surface area (Å²) in [7, 11) is 0. The van der Waals surface area contributed by atoms with Crippen LogP contribution in [-0.2, 0) is 6.18 Å². The van der Waals surface area contributed by atoms with Crippen molar-refractivity contribution in [2.24, 2.45) is 0 Å². The number of carbonyl (C=O) groups is 1. The van der Waals surface area contributed by atoms with Crippen LogP contribution in [0.2, 0.25) is 5.02 Å². The molecular formula is C17H14BrClF3N3O. The molecule has 1 aromatic heterocycles. The van der Waals surface area contributed by atoms with Crippen molar-refractivity contribution in [1.29, 1.82) is 0 Å². The highest BCUT2D eigenvalue weighted by molar-refractivity contribution is 9.10. The van der Waals surface area contributed by atoms with Crippen LogP contribution < -0.4 is 10.2 Å². The number of alkyl halides is 3. The van der Waals surface area contributed by atoms with Crippen molar-refractivity contribution in [1.82, 2.24) is 10.3 Å². The molecule has 2 heterocycles. The molecule has 0 spiro atoms. The molecule has 1 fully saturated rings. The first-order chi connectivity index (χ1) is 12.2. The molecule has 1 aromatic carbocycles. The fourth-order valence-corrected chi connectivity index (χ4v) is 3.33. The Balaban J connectivity index is 1.63. The van der Waals surface area contributed by atoms with Crippen LogP contribution in [0.4, 0.5) is 19.0 Å². The summed E-state index contributed by atoms with van der Waals surface area (Å²) in [6, 6.07) is 7.23. The van der Waals surface area contributed by atoms with Crippen LogP contribution in [0.1, 0.15) is 22.3 Å². The number of halogens is 5. The molecule has 1 N–H and O–H groups in total. The predicted octanol–water partition coefficient (Wildman–Crippen LogP) is 4.53. The van der Waals surface area contributed by atoms with Gasteiger partial charge in [0, 0.05) is 29.8 Å². The Hall–Kier alpha value is -1.80. The number of aromatic nitrogens is 1. The van der Waals surface area contributed by atoms with E-state index in [2.05, 4.69) is 26.2 Å². The van der Waals surface area contributed by atoms with E-state index in [-0.39, 0.29) is 11.9 Å². The van der Waals surface area contributed by atoms with Gasteiger partial charge in [0.2, 0.25) is 0 Å².